The first-order chi connectivity index (χ1) is 15.2. The lowest BCUT2D eigenvalue weighted by Gasteiger charge is -2.31. The van der Waals surface area contributed by atoms with Gasteiger partial charge in [-0.25, -0.2) is 23.9 Å². The molecule has 0 radical (unpaired) electrons. The van der Waals surface area contributed by atoms with Crippen LogP contribution in [0.3, 0.4) is 0 Å². The molecular formula is C23H29FN4O4. The Balaban J connectivity index is 1.75. The zero-order valence-electron chi connectivity index (χ0n) is 18.7. The van der Waals surface area contributed by atoms with Crippen molar-refractivity contribution in [2.45, 2.75) is 51.9 Å². The third-order valence-corrected chi connectivity index (χ3v) is 4.88. The van der Waals surface area contributed by atoms with E-state index >= 15 is 0 Å². The Hall–Kier alpha value is -3.23. The van der Waals surface area contributed by atoms with Crippen LogP contribution in [-0.4, -0.2) is 63.2 Å². The minimum Gasteiger partial charge on any atom is -0.445 e. The zero-order chi connectivity index (χ0) is 23.1. The fraction of sp³-hybridized carbons (Fsp3) is 0.478. The molecular weight excluding hydrogens is 415 g/mol. The van der Waals surface area contributed by atoms with Crippen molar-refractivity contribution in [2.24, 2.45) is 0 Å². The molecule has 1 aliphatic rings. The zero-order valence-corrected chi connectivity index (χ0v) is 18.7. The molecule has 2 heterocycles. The molecule has 1 aromatic heterocycles. The number of hydrogen-bond acceptors (Lipinski definition) is 6. The highest BCUT2D eigenvalue weighted by Crippen LogP contribution is 2.18. The summed E-state index contributed by atoms with van der Waals surface area (Å²) in [5.41, 5.74) is 0.247. The van der Waals surface area contributed by atoms with Crippen LogP contribution in [0.5, 0.6) is 0 Å². The number of carbonyl (C=O) groups is 2. The molecule has 2 amide bonds. The highest BCUT2D eigenvalue weighted by atomic mass is 19.1. The van der Waals surface area contributed by atoms with E-state index in [0.29, 0.717) is 25.3 Å². The van der Waals surface area contributed by atoms with Gasteiger partial charge < -0.3 is 19.3 Å². The predicted octanol–water partition coefficient (Wildman–Crippen LogP) is 3.81. The molecule has 172 valence electrons. The van der Waals surface area contributed by atoms with Gasteiger partial charge in [-0.15, -0.1) is 0 Å². The molecule has 8 nitrogen and oxygen atoms in total. The van der Waals surface area contributed by atoms with E-state index in [0.717, 1.165) is 18.0 Å². The Labute approximate surface area is 187 Å². The number of amides is 2. The van der Waals surface area contributed by atoms with Crippen molar-refractivity contribution in [2.75, 3.05) is 19.6 Å². The quantitative estimate of drug-likeness (QED) is 0.713. The van der Waals surface area contributed by atoms with Crippen LogP contribution in [0.1, 0.15) is 38.6 Å². The van der Waals surface area contributed by atoms with Crippen molar-refractivity contribution >= 4 is 12.2 Å². The largest absolute Gasteiger partial charge is 0.445 e. The van der Waals surface area contributed by atoms with Crippen molar-refractivity contribution in [3.63, 3.8) is 0 Å². The summed E-state index contributed by atoms with van der Waals surface area (Å²) in [5.74, 6) is -0.160. The molecule has 9 heteroatoms. The number of rotatable bonds is 4. The molecule has 32 heavy (non-hydrogen) atoms. The Bertz CT molecular complexity index is 902. The van der Waals surface area contributed by atoms with Gasteiger partial charge >= 0.3 is 12.2 Å². The molecule has 1 aliphatic heterocycles. The van der Waals surface area contributed by atoms with Gasteiger partial charge in [0.2, 0.25) is 0 Å². The molecule has 0 bridgehead atoms. The fourth-order valence-corrected chi connectivity index (χ4v) is 3.42. The SMILES string of the molecule is CC(C)(C)OC(=O)N1CCCN(C(=O)OCc2ccccc2)C(Cc2ncc(F)cn2)C1. The lowest BCUT2D eigenvalue weighted by atomic mass is 10.1. The summed E-state index contributed by atoms with van der Waals surface area (Å²) in [4.78, 5) is 36.9. The molecule has 3 rings (SSSR count). The number of nitrogens with zero attached hydrogens (tertiary/aromatic N) is 4. The van der Waals surface area contributed by atoms with Gasteiger partial charge in [-0.3, -0.25) is 0 Å². The third kappa shape index (κ3) is 6.90. The second-order valence-electron chi connectivity index (χ2n) is 8.69. The summed E-state index contributed by atoms with van der Waals surface area (Å²) in [5, 5.41) is 0. The van der Waals surface area contributed by atoms with Crippen LogP contribution >= 0.6 is 0 Å². The maximum atomic E-state index is 13.2. The molecule has 0 N–H and O–H groups in total. The maximum Gasteiger partial charge on any atom is 0.410 e. The summed E-state index contributed by atoms with van der Waals surface area (Å²) < 4.78 is 24.3. The molecule has 0 saturated carbocycles. The summed E-state index contributed by atoms with van der Waals surface area (Å²) in [6, 6.07) is 8.96. The minimum atomic E-state index is -0.632. The topological polar surface area (TPSA) is 84.9 Å². The summed E-state index contributed by atoms with van der Waals surface area (Å²) in [6.07, 6.45) is 2.07. The third-order valence-electron chi connectivity index (χ3n) is 4.88. The highest BCUT2D eigenvalue weighted by molar-refractivity contribution is 5.70. The smallest absolute Gasteiger partial charge is 0.410 e. The van der Waals surface area contributed by atoms with Crippen LogP contribution in [0.2, 0.25) is 0 Å². The van der Waals surface area contributed by atoms with Gasteiger partial charge in [-0.2, -0.15) is 0 Å². The Morgan fingerprint density at radius 3 is 2.44 bits per heavy atom. The molecule has 0 spiro atoms. The first-order valence-corrected chi connectivity index (χ1v) is 10.6. The van der Waals surface area contributed by atoms with Gasteiger partial charge in [-0.05, 0) is 32.8 Å². The van der Waals surface area contributed by atoms with Crippen LogP contribution in [0.25, 0.3) is 0 Å². The second kappa shape index (κ2) is 10.4. The first kappa shape index (κ1) is 23.4. The van der Waals surface area contributed by atoms with Crippen LogP contribution in [0.15, 0.2) is 42.7 Å². The van der Waals surface area contributed by atoms with E-state index in [1.54, 1.807) is 30.6 Å². The molecule has 1 atom stereocenters. The summed E-state index contributed by atoms with van der Waals surface area (Å²) in [7, 11) is 0. The van der Waals surface area contributed by atoms with E-state index in [1.165, 1.54) is 0 Å². The van der Waals surface area contributed by atoms with E-state index in [1.807, 2.05) is 30.3 Å². The average Bonchev–Trinajstić information content (AvgIpc) is 2.96. The normalized spacial score (nSPS) is 16.9. The summed E-state index contributed by atoms with van der Waals surface area (Å²) in [6.45, 7) is 6.64. The van der Waals surface area contributed by atoms with E-state index in [4.69, 9.17) is 9.47 Å². The number of ether oxygens (including phenoxy) is 2. The molecule has 1 saturated heterocycles. The Morgan fingerprint density at radius 1 is 1.09 bits per heavy atom. The van der Waals surface area contributed by atoms with Crippen molar-refractivity contribution in [3.05, 3.63) is 59.9 Å². The first-order valence-electron chi connectivity index (χ1n) is 10.6. The monoisotopic (exact) mass is 444 g/mol. The van der Waals surface area contributed by atoms with Gasteiger partial charge in [0.25, 0.3) is 0 Å². The van der Waals surface area contributed by atoms with Gasteiger partial charge in [0.15, 0.2) is 5.82 Å². The van der Waals surface area contributed by atoms with Crippen LogP contribution in [0.4, 0.5) is 14.0 Å². The van der Waals surface area contributed by atoms with Crippen molar-refractivity contribution in [1.29, 1.82) is 0 Å². The molecule has 1 aromatic carbocycles. The average molecular weight is 445 g/mol. The van der Waals surface area contributed by atoms with Crippen LogP contribution in [0, 0.1) is 5.82 Å². The van der Waals surface area contributed by atoms with Crippen molar-refractivity contribution < 1.29 is 23.5 Å². The lowest BCUT2D eigenvalue weighted by Crippen LogP contribution is -2.48. The number of carbonyl (C=O) groups excluding carboxylic acids is 2. The lowest BCUT2D eigenvalue weighted by molar-refractivity contribution is 0.0222. The Kier molecular flexibility index (Phi) is 7.61. The van der Waals surface area contributed by atoms with Gasteiger partial charge in [-0.1, -0.05) is 30.3 Å². The molecule has 1 fully saturated rings. The fourth-order valence-electron chi connectivity index (χ4n) is 3.42. The van der Waals surface area contributed by atoms with Crippen molar-refractivity contribution in [1.82, 2.24) is 19.8 Å². The molecule has 1 unspecified atom stereocenters. The van der Waals surface area contributed by atoms with Gasteiger partial charge in [0.05, 0.1) is 18.4 Å². The van der Waals surface area contributed by atoms with Gasteiger partial charge in [0.1, 0.15) is 18.0 Å². The second-order valence-corrected chi connectivity index (χ2v) is 8.69. The van der Waals surface area contributed by atoms with E-state index in [-0.39, 0.29) is 19.6 Å². The van der Waals surface area contributed by atoms with Crippen LogP contribution < -0.4 is 0 Å². The van der Waals surface area contributed by atoms with E-state index in [9.17, 15) is 14.0 Å². The molecule has 0 aliphatic carbocycles. The summed E-state index contributed by atoms with van der Waals surface area (Å²) >= 11 is 0. The highest BCUT2D eigenvalue weighted by Gasteiger charge is 2.33. The predicted molar refractivity (Wildman–Crippen MR) is 115 cm³/mol. The van der Waals surface area contributed by atoms with E-state index in [2.05, 4.69) is 9.97 Å². The Morgan fingerprint density at radius 2 is 1.78 bits per heavy atom. The van der Waals surface area contributed by atoms with Gasteiger partial charge in [0, 0.05) is 26.1 Å². The maximum absolute atomic E-state index is 13.2. The van der Waals surface area contributed by atoms with Crippen LogP contribution in [-0.2, 0) is 22.5 Å². The number of benzene rings is 1. The number of halogens is 1. The minimum absolute atomic E-state index is 0.145. The van der Waals surface area contributed by atoms with E-state index < -0.39 is 29.6 Å². The number of hydrogen-bond donors (Lipinski definition) is 0. The standard InChI is InChI=1S/C23H29FN4O4/c1-23(2,3)32-21(29)27-10-7-11-28(22(30)31-16-17-8-5-4-6-9-17)19(15-27)12-20-25-13-18(24)14-26-20/h4-6,8-9,13-14,19H,7,10-12,15-16H2,1-3H3. The number of aromatic nitrogens is 2. The molecule has 2 aromatic rings. The van der Waals surface area contributed by atoms with Crippen molar-refractivity contribution in [3.8, 4) is 0 Å².